The molecule has 1 atom stereocenters. The number of hydrogen-bond donors (Lipinski definition) is 2. The van der Waals surface area contributed by atoms with Gasteiger partial charge in [0.15, 0.2) is 22.7 Å². The Morgan fingerprint density at radius 2 is 1.78 bits per heavy atom. The van der Waals surface area contributed by atoms with Gasteiger partial charge in [-0.1, -0.05) is 6.92 Å². The summed E-state index contributed by atoms with van der Waals surface area (Å²) in [6.07, 6.45) is -4.84. The molecule has 190 valence electrons. The van der Waals surface area contributed by atoms with E-state index < -0.39 is 29.2 Å². The predicted molar refractivity (Wildman–Crippen MR) is 120 cm³/mol. The number of aliphatic hydroxyl groups excluding tert-OH is 1. The second kappa shape index (κ2) is 9.49. The number of aliphatic hydroxyl groups is 1. The molecule has 0 spiro atoms. The molecular weight excluding hydrogens is 488 g/mol. The van der Waals surface area contributed by atoms with Crippen LogP contribution in [0.2, 0.25) is 0 Å². The predicted octanol–water partition coefficient (Wildman–Crippen LogP) is 3.55. The lowest BCUT2D eigenvalue weighted by atomic mass is 10.2. The zero-order valence-corrected chi connectivity index (χ0v) is 19.0. The molecule has 2 aromatic carbocycles. The van der Waals surface area contributed by atoms with Crippen LogP contribution in [0.4, 0.5) is 17.6 Å². The number of aromatic nitrogens is 4. The molecule has 36 heavy (non-hydrogen) atoms. The van der Waals surface area contributed by atoms with E-state index in [0.717, 1.165) is 18.2 Å². The number of ether oxygens (including phenoxy) is 2. The van der Waals surface area contributed by atoms with Crippen LogP contribution in [0.3, 0.4) is 0 Å². The van der Waals surface area contributed by atoms with E-state index in [1.807, 2.05) is 0 Å². The quantitative estimate of drug-likeness (QED) is 0.370. The van der Waals surface area contributed by atoms with Crippen molar-refractivity contribution in [2.45, 2.75) is 19.8 Å². The number of rotatable bonds is 7. The highest BCUT2D eigenvalue weighted by Crippen LogP contribution is 2.31. The van der Waals surface area contributed by atoms with Crippen molar-refractivity contribution in [2.75, 3.05) is 6.61 Å². The molecule has 4 aromatic rings. The van der Waals surface area contributed by atoms with E-state index in [-0.39, 0.29) is 53.1 Å². The Kier molecular flexibility index (Phi) is 6.59. The Balaban J connectivity index is 1.66. The molecule has 0 fully saturated rings. The van der Waals surface area contributed by atoms with Crippen LogP contribution in [-0.4, -0.2) is 37.2 Å². The molecule has 0 amide bonds. The van der Waals surface area contributed by atoms with E-state index in [0.29, 0.717) is 0 Å². The molecule has 1 unspecified atom stereocenters. The first kappa shape index (κ1) is 25.0. The Morgan fingerprint density at radius 1 is 1.11 bits per heavy atom. The summed E-state index contributed by atoms with van der Waals surface area (Å²) in [6.45, 7) is 1.64. The molecule has 4 rings (SSSR count). The van der Waals surface area contributed by atoms with Crippen LogP contribution in [0, 0.1) is 11.7 Å². The summed E-state index contributed by atoms with van der Waals surface area (Å²) in [5.41, 5.74) is -0.886. The van der Waals surface area contributed by atoms with Crippen LogP contribution in [-0.2, 0) is 13.6 Å². The fourth-order valence-electron chi connectivity index (χ4n) is 3.60. The SMILES string of the molecule is CC(CO)Cn1c(=O)[nH]c(=O)c2c1nc(-c1ccc(Oc3ccc(OC(F)(F)F)cc3)c(F)c1)n2C. The van der Waals surface area contributed by atoms with Gasteiger partial charge >= 0.3 is 12.1 Å². The van der Waals surface area contributed by atoms with Crippen LogP contribution in [0.25, 0.3) is 22.6 Å². The topological polar surface area (TPSA) is 111 Å². The normalized spacial score (nSPS) is 12.6. The zero-order valence-electron chi connectivity index (χ0n) is 19.0. The van der Waals surface area contributed by atoms with Crippen molar-refractivity contribution in [2.24, 2.45) is 13.0 Å². The minimum Gasteiger partial charge on any atom is -0.454 e. The van der Waals surface area contributed by atoms with Crippen molar-refractivity contribution in [3.05, 3.63) is 69.1 Å². The van der Waals surface area contributed by atoms with Crippen molar-refractivity contribution in [1.82, 2.24) is 19.1 Å². The highest BCUT2D eigenvalue weighted by molar-refractivity contribution is 5.77. The van der Waals surface area contributed by atoms with E-state index in [2.05, 4.69) is 14.7 Å². The van der Waals surface area contributed by atoms with E-state index in [9.17, 15) is 32.3 Å². The van der Waals surface area contributed by atoms with Gasteiger partial charge in [0.05, 0.1) is 0 Å². The van der Waals surface area contributed by atoms with Gasteiger partial charge in [-0.05, 0) is 48.4 Å². The van der Waals surface area contributed by atoms with Gasteiger partial charge in [0.25, 0.3) is 5.56 Å². The van der Waals surface area contributed by atoms with Gasteiger partial charge in [0.1, 0.15) is 17.3 Å². The van der Waals surface area contributed by atoms with Gasteiger partial charge in [-0.15, -0.1) is 13.2 Å². The number of imidazole rings is 1. The maximum absolute atomic E-state index is 14.9. The van der Waals surface area contributed by atoms with Gasteiger partial charge in [0, 0.05) is 25.8 Å². The number of fused-ring (bicyclic) bond motifs is 1. The second-order valence-electron chi connectivity index (χ2n) is 8.09. The van der Waals surface area contributed by atoms with Gasteiger partial charge in [-0.3, -0.25) is 14.3 Å². The van der Waals surface area contributed by atoms with Crippen LogP contribution in [0.15, 0.2) is 52.1 Å². The van der Waals surface area contributed by atoms with E-state index in [1.54, 1.807) is 6.92 Å². The molecule has 2 aromatic heterocycles. The first-order chi connectivity index (χ1) is 17.0. The van der Waals surface area contributed by atoms with Crippen LogP contribution >= 0.6 is 0 Å². The first-order valence-corrected chi connectivity index (χ1v) is 10.6. The van der Waals surface area contributed by atoms with E-state index in [4.69, 9.17) is 4.74 Å². The van der Waals surface area contributed by atoms with Gasteiger partial charge in [0.2, 0.25) is 0 Å². The lowest BCUT2D eigenvalue weighted by molar-refractivity contribution is -0.274. The highest BCUT2D eigenvalue weighted by atomic mass is 19.4. The Labute approximate surface area is 200 Å². The Hall–Kier alpha value is -4.13. The number of aryl methyl sites for hydroxylation is 1. The third-order valence-electron chi connectivity index (χ3n) is 5.29. The molecular formula is C23H20F4N4O5. The fourth-order valence-corrected chi connectivity index (χ4v) is 3.60. The number of H-pyrrole nitrogens is 1. The fraction of sp³-hybridized carbons (Fsp3) is 0.261. The first-order valence-electron chi connectivity index (χ1n) is 10.6. The molecule has 0 aliphatic heterocycles. The molecule has 9 nitrogen and oxygen atoms in total. The molecule has 0 saturated heterocycles. The third kappa shape index (κ3) is 5.10. The summed E-state index contributed by atoms with van der Waals surface area (Å²) >= 11 is 0. The number of aromatic amines is 1. The molecule has 0 radical (unpaired) electrons. The van der Waals surface area contributed by atoms with Crippen LogP contribution in [0.5, 0.6) is 17.2 Å². The molecule has 0 aliphatic rings. The van der Waals surface area contributed by atoms with Crippen molar-refractivity contribution < 1.29 is 32.1 Å². The largest absolute Gasteiger partial charge is 0.573 e. The summed E-state index contributed by atoms with van der Waals surface area (Å²) in [5.74, 6) is -1.46. The van der Waals surface area contributed by atoms with Gasteiger partial charge < -0.3 is 19.1 Å². The standard InChI is InChI=1S/C23H20F4N4O5/c1-12(11-32)10-31-20-18(21(33)29-22(31)34)30(2)19(28-20)13-3-8-17(16(24)9-13)35-14-4-6-15(7-5-14)36-23(25,26)27/h3-9,12,32H,10-11H2,1-2H3,(H,29,33,34). The van der Waals surface area contributed by atoms with Crippen molar-refractivity contribution >= 4 is 11.2 Å². The minimum absolute atomic E-state index is 0.0764. The van der Waals surface area contributed by atoms with Crippen LogP contribution < -0.4 is 20.7 Å². The summed E-state index contributed by atoms with van der Waals surface area (Å²) in [6, 6.07) is 8.35. The lowest BCUT2D eigenvalue weighted by Crippen LogP contribution is -2.33. The number of halogens is 4. The second-order valence-corrected chi connectivity index (χ2v) is 8.09. The van der Waals surface area contributed by atoms with Gasteiger partial charge in [-0.2, -0.15) is 0 Å². The van der Waals surface area contributed by atoms with Crippen molar-refractivity contribution in [3.63, 3.8) is 0 Å². The summed E-state index contributed by atoms with van der Waals surface area (Å²) in [4.78, 5) is 31.4. The molecule has 0 aliphatic carbocycles. The third-order valence-corrected chi connectivity index (χ3v) is 5.29. The number of benzene rings is 2. The summed E-state index contributed by atoms with van der Waals surface area (Å²) in [5, 5.41) is 9.35. The highest BCUT2D eigenvalue weighted by Gasteiger charge is 2.31. The molecule has 2 heterocycles. The smallest absolute Gasteiger partial charge is 0.454 e. The average Bonchev–Trinajstić information content (AvgIpc) is 3.15. The number of nitrogens with zero attached hydrogens (tertiary/aromatic N) is 3. The maximum atomic E-state index is 14.9. The molecule has 2 N–H and O–H groups in total. The van der Waals surface area contributed by atoms with E-state index in [1.165, 1.54) is 40.4 Å². The molecule has 0 saturated carbocycles. The van der Waals surface area contributed by atoms with Crippen molar-refractivity contribution in [3.8, 4) is 28.6 Å². The average molecular weight is 508 g/mol. The lowest BCUT2D eigenvalue weighted by Gasteiger charge is -2.11. The number of hydrogen-bond acceptors (Lipinski definition) is 6. The molecule has 0 bridgehead atoms. The monoisotopic (exact) mass is 508 g/mol. The summed E-state index contributed by atoms with van der Waals surface area (Å²) in [7, 11) is 1.54. The number of alkyl halides is 3. The summed E-state index contributed by atoms with van der Waals surface area (Å²) < 4.78 is 63.6. The van der Waals surface area contributed by atoms with Crippen molar-refractivity contribution in [1.29, 1.82) is 0 Å². The number of nitrogens with one attached hydrogen (secondary N) is 1. The minimum atomic E-state index is -4.84. The van der Waals surface area contributed by atoms with E-state index >= 15 is 0 Å². The van der Waals surface area contributed by atoms with Crippen LogP contribution in [0.1, 0.15) is 6.92 Å². The molecule has 13 heteroatoms. The maximum Gasteiger partial charge on any atom is 0.573 e. The Bertz CT molecular complexity index is 1520. The zero-order chi connectivity index (χ0) is 26.2. The Morgan fingerprint density at radius 3 is 2.39 bits per heavy atom. The van der Waals surface area contributed by atoms with Gasteiger partial charge in [-0.25, -0.2) is 14.2 Å².